The molecule has 100 valence electrons. The zero-order valence-corrected chi connectivity index (χ0v) is 11.0. The highest BCUT2D eigenvalue weighted by atomic mass is 31.1. The molecule has 0 saturated heterocycles. The topological polar surface area (TPSA) is 88.1 Å². The van der Waals surface area contributed by atoms with Gasteiger partial charge < -0.3 is 9.47 Å². The molecule has 18 heavy (non-hydrogen) atoms. The molecule has 0 heterocycles. The molecule has 0 radical (unpaired) electrons. The molecule has 7 nitrogen and oxygen atoms in total. The fourth-order valence-corrected chi connectivity index (χ4v) is 0.882. The molecule has 0 fully saturated rings. The Labute approximate surface area is 105 Å². The lowest BCUT2D eigenvalue weighted by molar-refractivity contribution is -0.146. The van der Waals surface area contributed by atoms with Crippen molar-refractivity contribution in [3.63, 3.8) is 0 Å². The number of carbonyl (C=O) groups is 2. The van der Waals surface area contributed by atoms with Crippen molar-refractivity contribution in [1.82, 2.24) is 0 Å². The number of rotatable bonds is 8. The molecule has 0 bridgehead atoms. The summed E-state index contributed by atoms with van der Waals surface area (Å²) < 4.78 is 29.0. The first-order valence-corrected chi connectivity index (χ1v) is 5.82. The van der Waals surface area contributed by atoms with Crippen LogP contribution in [0.3, 0.4) is 0 Å². The van der Waals surface area contributed by atoms with Gasteiger partial charge in [0.25, 0.3) is 0 Å². The summed E-state index contributed by atoms with van der Waals surface area (Å²) in [5.74, 6) is -1.35. The van der Waals surface area contributed by atoms with Crippen molar-refractivity contribution < 1.29 is 32.7 Å². The summed E-state index contributed by atoms with van der Waals surface area (Å²) in [6, 6.07) is 0. The van der Waals surface area contributed by atoms with Gasteiger partial charge in [0.15, 0.2) is 0 Å². The van der Waals surface area contributed by atoms with Gasteiger partial charge in [0.05, 0.1) is 0 Å². The molecule has 0 N–H and O–H groups in total. The molecule has 0 aromatic rings. The van der Waals surface area contributed by atoms with Crippen LogP contribution < -0.4 is 0 Å². The second-order valence-corrected chi connectivity index (χ2v) is 4.11. The summed E-state index contributed by atoms with van der Waals surface area (Å²) >= 11 is 0. The lowest BCUT2D eigenvalue weighted by Gasteiger charge is -1.99. The molecule has 0 saturated carbocycles. The average molecular weight is 277 g/mol. The van der Waals surface area contributed by atoms with Gasteiger partial charge in [-0.05, 0) is 13.8 Å². The van der Waals surface area contributed by atoms with Crippen LogP contribution in [0.2, 0.25) is 0 Å². The Morgan fingerprint density at radius 3 is 1.56 bits per heavy atom. The molecular weight excluding hydrogens is 263 g/mol. The fourth-order valence-electron chi connectivity index (χ4n) is 0.529. The van der Waals surface area contributed by atoms with Crippen LogP contribution in [-0.4, -0.2) is 25.5 Å². The number of ether oxygens (including phenoxy) is 2. The third-order valence-electron chi connectivity index (χ3n) is 1.39. The highest BCUT2D eigenvalue weighted by molar-refractivity contribution is 7.33. The molecule has 0 atom stereocenters. The van der Waals surface area contributed by atoms with E-state index in [2.05, 4.69) is 31.7 Å². The van der Waals surface area contributed by atoms with Crippen molar-refractivity contribution in [3.8, 4) is 0 Å². The molecule has 0 rings (SSSR count). The van der Waals surface area contributed by atoms with Crippen molar-refractivity contribution >= 4 is 20.2 Å². The standard InChI is InChI=1S/C10H14O7P/c1-7(2)9(11)14-5-16-18(13)17-6-15-10(12)8(3)4/h1,3,5-6H2,2,4H3/q+1. The number of carbonyl (C=O) groups excluding carboxylic acids is 2. The zero-order chi connectivity index (χ0) is 14.1. The zero-order valence-electron chi connectivity index (χ0n) is 10.1. The number of esters is 2. The van der Waals surface area contributed by atoms with Gasteiger partial charge >= 0.3 is 20.2 Å². The predicted octanol–water partition coefficient (Wildman–Crippen LogP) is 1.83. The van der Waals surface area contributed by atoms with Crippen LogP contribution in [0.5, 0.6) is 0 Å². The first kappa shape index (κ1) is 16.4. The first-order valence-electron chi connectivity index (χ1n) is 4.73. The van der Waals surface area contributed by atoms with Crippen LogP contribution in [-0.2, 0) is 32.7 Å². The molecular formula is C10H14O7P+. The van der Waals surface area contributed by atoms with Gasteiger partial charge in [-0.3, -0.25) is 0 Å². The molecule has 0 aliphatic heterocycles. The Morgan fingerprint density at radius 2 is 1.28 bits per heavy atom. The highest BCUT2D eigenvalue weighted by Crippen LogP contribution is 2.23. The van der Waals surface area contributed by atoms with Gasteiger partial charge in [0.1, 0.15) is 0 Å². The van der Waals surface area contributed by atoms with E-state index in [1.165, 1.54) is 13.8 Å². The fraction of sp³-hybridized carbons (Fsp3) is 0.400. The summed E-state index contributed by atoms with van der Waals surface area (Å²) in [4.78, 5) is 21.8. The van der Waals surface area contributed by atoms with E-state index in [1.807, 2.05) is 0 Å². The predicted molar refractivity (Wildman–Crippen MR) is 61.3 cm³/mol. The quantitative estimate of drug-likeness (QED) is 0.289. The van der Waals surface area contributed by atoms with Crippen molar-refractivity contribution in [2.24, 2.45) is 0 Å². The van der Waals surface area contributed by atoms with E-state index in [-0.39, 0.29) is 11.1 Å². The third-order valence-corrected chi connectivity index (χ3v) is 2.03. The summed E-state index contributed by atoms with van der Waals surface area (Å²) in [6.07, 6.45) is 0. The van der Waals surface area contributed by atoms with E-state index in [0.717, 1.165) is 0 Å². The van der Waals surface area contributed by atoms with Gasteiger partial charge in [-0.15, -0.1) is 0 Å². The Hall–Kier alpha value is -1.56. The Kier molecular flexibility index (Phi) is 7.78. The number of hydrogen-bond donors (Lipinski definition) is 0. The van der Waals surface area contributed by atoms with Crippen LogP contribution in [0, 0.1) is 0 Å². The first-order chi connectivity index (χ1) is 8.34. The van der Waals surface area contributed by atoms with E-state index in [0.29, 0.717) is 0 Å². The molecule has 0 aliphatic carbocycles. The molecule has 8 heteroatoms. The van der Waals surface area contributed by atoms with Gasteiger partial charge in [0.2, 0.25) is 13.6 Å². The SMILES string of the molecule is C=C(C)C(=O)OCO[P+](=O)OCOC(=O)C(=C)C. The van der Waals surface area contributed by atoms with Gasteiger partial charge in [-0.25, -0.2) is 9.59 Å². The van der Waals surface area contributed by atoms with E-state index in [1.54, 1.807) is 0 Å². The maximum Gasteiger partial charge on any atom is 0.704 e. The van der Waals surface area contributed by atoms with Gasteiger partial charge in [0, 0.05) is 15.7 Å². The normalized spacial score (nSPS) is 9.44. The van der Waals surface area contributed by atoms with Crippen LogP contribution >= 0.6 is 8.25 Å². The molecule has 0 amide bonds. The van der Waals surface area contributed by atoms with E-state index >= 15 is 0 Å². The summed E-state index contributed by atoms with van der Waals surface area (Å²) in [5.41, 5.74) is 0.371. The summed E-state index contributed by atoms with van der Waals surface area (Å²) in [6.45, 7) is 8.49. The van der Waals surface area contributed by atoms with E-state index in [4.69, 9.17) is 0 Å². The second kappa shape index (κ2) is 8.52. The van der Waals surface area contributed by atoms with Gasteiger partial charge in [-0.2, -0.15) is 0 Å². The van der Waals surface area contributed by atoms with E-state index < -0.39 is 33.8 Å². The second-order valence-electron chi connectivity index (χ2n) is 3.14. The third kappa shape index (κ3) is 7.67. The summed E-state index contributed by atoms with van der Waals surface area (Å²) in [5, 5.41) is 0. The maximum absolute atomic E-state index is 11.0. The smallest absolute Gasteiger partial charge is 0.430 e. The number of hydrogen-bond acceptors (Lipinski definition) is 7. The monoisotopic (exact) mass is 277 g/mol. The molecule has 0 aromatic carbocycles. The molecule has 0 aliphatic rings. The van der Waals surface area contributed by atoms with Crippen LogP contribution in [0.4, 0.5) is 0 Å². The lowest BCUT2D eigenvalue weighted by atomic mass is 10.4. The molecule has 0 aromatic heterocycles. The van der Waals surface area contributed by atoms with E-state index in [9.17, 15) is 14.2 Å². The highest BCUT2D eigenvalue weighted by Gasteiger charge is 2.22. The van der Waals surface area contributed by atoms with Crippen molar-refractivity contribution in [2.45, 2.75) is 13.8 Å². The minimum Gasteiger partial charge on any atom is -0.430 e. The Balaban J connectivity index is 3.67. The minimum atomic E-state index is -2.54. The van der Waals surface area contributed by atoms with Crippen molar-refractivity contribution in [1.29, 1.82) is 0 Å². The van der Waals surface area contributed by atoms with Crippen LogP contribution in [0.25, 0.3) is 0 Å². The van der Waals surface area contributed by atoms with Crippen LogP contribution in [0.15, 0.2) is 24.3 Å². The minimum absolute atomic E-state index is 0.185. The average Bonchev–Trinajstić information content (AvgIpc) is 2.28. The Bertz CT molecular complexity index is 340. The lowest BCUT2D eigenvalue weighted by Crippen LogP contribution is -2.08. The Morgan fingerprint density at radius 1 is 0.944 bits per heavy atom. The van der Waals surface area contributed by atoms with Gasteiger partial charge in [-0.1, -0.05) is 22.2 Å². The maximum atomic E-state index is 11.0. The van der Waals surface area contributed by atoms with Crippen LogP contribution in [0.1, 0.15) is 13.8 Å². The van der Waals surface area contributed by atoms with Crippen molar-refractivity contribution in [2.75, 3.05) is 13.6 Å². The summed E-state index contributed by atoms with van der Waals surface area (Å²) in [7, 11) is -2.54. The largest absolute Gasteiger partial charge is 0.704 e. The van der Waals surface area contributed by atoms with Crippen molar-refractivity contribution in [3.05, 3.63) is 24.3 Å². The molecule has 0 unspecified atom stereocenters. The molecule has 0 spiro atoms.